The van der Waals surface area contributed by atoms with E-state index in [1.165, 1.54) is 193 Å². The molecule has 316 valence electrons. The van der Waals surface area contributed by atoms with Gasteiger partial charge in [-0.15, -0.1) is 0 Å². The van der Waals surface area contributed by atoms with Crippen molar-refractivity contribution in [1.82, 2.24) is 0 Å². The van der Waals surface area contributed by atoms with Gasteiger partial charge in [-0.25, -0.2) is 0 Å². The first-order chi connectivity index (χ1) is 25.5. The summed E-state index contributed by atoms with van der Waals surface area (Å²) in [7, 11) is 0. The molecule has 0 rings (SSSR count). The summed E-state index contributed by atoms with van der Waals surface area (Å²) in [5, 5.41) is 0. The van der Waals surface area contributed by atoms with Crippen LogP contribution in [0.2, 0.25) is 0 Å². The molecule has 0 amide bonds. The molecule has 0 aromatic heterocycles. The molecule has 0 atom stereocenters. The first kappa shape index (κ1) is 52.9. The molecular formula is C50H107P2+. The summed E-state index contributed by atoms with van der Waals surface area (Å²) in [5.74, 6) is 0. The van der Waals surface area contributed by atoms with E-state index in [1.807, 2.05) is 0 Å². The third-order valence-electron chi connectivity index (χ3n) is 14.1. The zero-order valence-electron chi connectivity index (χ0n) is 38.3. The molecule has 0 bridgehead atoms. The van der Waals surface area contributed by atoms with Crippen molar-refractivity contribution in [3.63, 3.8) is 0 Å². The van der Waals surface area contributed by atoms with Gasteiger partial charge in [-0.2, -0.15) is 0 Å². The molecular weight excluding hydrogens is 662 g/mol. The molecule has 0 aromatic carbocycles. The van der Waals surface area contributed by atoms with E-state index in [4.69, 9.17) is 0 Å². The van der Waals surface area contributed by atoms with Crippen LogP contribution in [0.3, 0.4) is 0 Å². The van der Waals surface area contributed by atoms with Crippen molar-refractivity contribution in [3.05, 3.63) is 0 Å². The Morgan fingerprint density at radius 2 is 0.423 bits per heavy atom. The van der Waals surface area contributed by atoms with Gasteiger partial charge in [0.1, 0.15) is 0 Å². The van der Waals surface area contributed by atoms with Crippen molar-refractivity contribution < 1.29 is 0 Å². The molecule has 0 unspecified atom stereocenters. The number of hydrogen-bond acceptors (Lipinski definition) is 0. The Labute approximate surface area is 334 Å². The minimum atomic E-state index is -1.95. The summed E-state index contributed by atoms with van der Waals surface area (Å²) in [6, 6.07) is 0. The predicted octanol–water partition coefficient (Wildman–Crippen LogP) is 19.7. The van der Waals surface area contributed by atoms with E-state index in [0.29, 0.717) is 0 Å². The zero-order chi connectivity index (χ0) is 38.4. The van der Waals surface area contributed by atoms with Crippen molar-refractivity contribution in [2.24, 2.45) is 0 Å². The van der Waals surface area contributed by atoms with Crippen LogP contribution >= 0.6 is 13.2 Å². The van der Waals surface area contributed by atoms with E-state index < -0.39 is 13.2 Å². The maximum atomic E-state index is 2.83. The zero-order valence-corrected chi connectivity index (χ0v) is 40.1. The maximum absolute atomic E-state index is 2.83. The first-order valence-electron chi connectivity index (χ1n) is 25.4. The van der Waals surface area contributed by atoms with E-state index in [1.54, 1.807) is 81.7 Å². The third-order valence-corrected chi connectivity index (χ3v) is 37.6. The molecule has 0 radical (unpaired) electrons. The van der Waals surface area contributed by atoms with E-state index in [0.717, 1.165) is 0 Å². The van der Waals surface area contributed by atoms with Gasteiger partial charge >= 0.3 is 336 Å². The Hall–Kier alpha value is 0.860. The second-order valence-corrected chi connectivity index (χ2v) is 33.5. The fourth-order valence-electron chi connectivity index (χ4n) is 10.4. The molecule has 0 aliphatic carbocycles. The monoisotopic (exact) mass is 770 g/mol. The van der Waals surface area contributed by atoms with Gasteiger partial charge in [-0.05, 0) is 0 Å². The molecule has 0 saturated heterocycles. The van der Waals surface area contributed by atoms with E-state index in [2.05, 4.69) is 48.5 Å². The Balaban J connectivity index is 6.98. The molecule has 0 nitrogen and oxygen atoms in total. The first-order valence-corrected chi connectivity index (χ1v) is 31.4. The second-order valence-electron chi connectivity index (χ2n) is 18.3. The number of unbranched alkanes of at least 4 members (excludes halogenated alkanes) is 30. The van der Waals surface area contributed by atoms with E-state index in [9.17, 15) is 0 Å². The van der Waals surface area contributed by atoms with Crippen LogP contribution in [-0.2, 0) is 0 Å². The van der Waals surface area contributed by atoms with Crippen LogP contribution < -0.4 is 0 Å². The Morgan fingerprint density at radius 3 is 0.635 bits per heavy atom. The van der Waals surface area contributed by atoms with Crippen LogP contribution in [0.15, 0.2) is 0 Å². The van der Waals surface area contributed by atoms with Gasteiger partial charge < -0.3 is 0 Å². The normalized spacial score (nSPS) is 13.2. The summed E-state index contributed by atoms with van der Waals surface area (Å²) in [4.78, 5) is 0. The third kappa shape index (κ3) is 23.2. The average molecular weight is 770 g/mol. The van der Waals surface area contributed by atoms with Gasteiger partial charge in [0.15, 0.2) is 0 Å². The van der Waals surface area contributed by atoms with Crippen LogP contribution in [0.5, 0.6) is 0 Å². The summed E-state index contributed by atoms with van der Waals surface area (Å²) in [6.45, 7) is 16.1. The quantitative estimate of drug-likeness (QED) is 0.0428. The van der Waals surface area contributed by atoms with Crippen molar-refractivity contribution in [1.29, 1.82) is 0 Å². The Bertz CT molecular complexity index is 616. The number of rotatable bonds is 44. The van der Waals surface area contributed by atoms with Gasteiger partial charge in [0.2, 0.25) is 0 Å². The molecule has 2 heteroatoms. The molecule has 0 aliphatic heterocycles. The van der Waals surface area contributed by atoms with Crippen molar-refractivity contribution in [2.45, 2.75) is 280 Å². The summed E-state index contributed by atoms with van der Waals surface area (Å²) in [6.07, 6.45) is 63.8. The topological polar surface area (TPSA) is 0 Å². The van der Waals surface area contributed by atoms with Crippen LogP contribution in [0.25, 0.3) is 0 Å². The van der Waals surface area contributed by atoms with Crippen LogP contribution in [0.4, 0.5) is 0 Å². The fourth-order valence-corrected chi connectivity index (χ4v) is 35.0. The standard InChI is InChI=1S/C50H107P2/c1-8-15-21-27-33-39-45-51(46-40-34-28-22-16-9-2,47-41-35-29-23-17-10-3)52(14-7,48-42-36-30-24-18-11-4,49-43-37-31-25-19-12-5)50-44-38-32-26-20-13-6/h8-50H2,1-7H3/q+1. The second kappa shape index (κ2) is 37.4. The van der Waals surface area contributed by atoms with Crippen molar-refractivity contribution >= 4 is 13.2 Å². The van der Waals surface area contributed by atoms with E-state index in [-0.39, 0.29) is 0 Å². The summed E-state index contributed by atoms with van der Waals surface area (Å²) in [5.41, 5.74) is 0. The van der Waals surface area contributed by atoms with Crippen LogP contribution in [0.1, 0.15) is 280 Å². The van der Waals surface area contributed by atoms with Crippen molar-refractivity contribution in [2.75, 3.05) is 43.1 Å². The number of hydrogen-bond donors (Lipinski definition) is 0. The minimum absolute atomic E-state index is 1.09. The average Bonchev–Trinajstić information content (AvgIpc) is 3.16. The van der Waals surface area contributed by atoms with Gasteiger partial charge in [0.25, 0.3) is 0 Å². The Morgan fingerprint density at radius 1 is 0.231 bits per heavy atom. The Kier molecular flexibility index (Phi) is 38.1. The molecule has 0 heterocycles. The molecule has 0 fully saturated rings. The molecule has 0 N–H and O–H groups in total. The van der Waals surface area contributed by atoms with Gasteiger partial charge in [0, 0.05) is 0 Å². The molecule has 52 heavy (non-hydrogen) atoms. The van der Waals surface area contributed by atoms with Gasteiger partial charge in [-0.3, -0.25) is 0 Å². The predicted molar refractivity (Wildman–Crippen MR) is 254 cm³/mol. The fraction of sp³-hybridized carbons (Fsp3) is 1.00. The molecule has 0 spiro atoms. The molecule has 0 aromatic rings. The van der Waals surface area contributed by atoms with Crippen LogP contribution in [0, 0.1) is 0 Å². The van der Waals surface area contributed by atoms with Gasteiger partial charge in [0.05, 0.1) is 0 Å². The SMILES string of the molecule is CCCCCCCC[P+](CCCCCCCC)(CCCCCCCC)P(CC)(CCCCCCCC)(CCCCCCCC)CCCCCCCC. The summed E-state index contributed by atoms with van der Waals surface area (Å²) < 4.78 is 0. The molecule has 0 saturated carbocycles. The van der Waals surface area contributed by atoms with Crippen molar-refractivity contribution in [3.8, 4) is 0 Å². The van der Waals surface area contributed by atoms with Gasteiger partial charge in [-0.1, -0.05) is 0 Å². The van der Waals surface area contributed by atoms with E-state index >= 15 is 0 Å². The van der Waals surface area contributed by atoms with Crippen LogP contribution in [-0.4, -0.2) is 43.1 Å². The summed E-state index contributed by atoms with van der Waals surface area (Å²) >= 11 is 0. The molecule has 0 aliphatic rings.